The number of rotatable bonds is 8. The molecular formula is C22H24ClN3O2. The van der Waals surface area contributed by atoms with Gasteiger partial charge in [-0.15, -0.1) is 0 Å². The molecule has 5 nitrogen and oxygen atoms in total. The van der Waals surface area contributed by atoms with Crippen LogP contribution < -0.4 is 5.32 Å². The summed E-state index contributed by atoms with van der Waals surface area (Å²) in [4.78, 5) is 19.2. The van der Waals surface area contributed by atoms with Gasteiger partial charge >= 0.3 is 0 Å². The van der Waals surface area contributed by atoms with Crippen LogP contribution in [0.15, 0.2) is 71.6 Å². The number of hydrogen-bond donors (Lipinski definition) is 1. The Morgan fingerprint density at radius 3 is 2.46 bits per heavy atom. The molecular weight excluding hydrogens is 374 g/mol. The third-order valence-corrected chi connectivity index (χ3v) is 4.99. The summed E-state index contributed by atoms with van der Waals surface area (Å²) in [5, 5.41) is 3.75. The summed E-state index contributed by atoms with van der Waals surface area (Å²) in [7, 11) is 3.93. The largest absolute Gasteiger partial charge is 0.468 e. The Hall–Kier alpha value is -2.63. The molecule has 6 heteroatoms. The third kappa shape index (κ3) is 5.21. The molecule has 3 aromatic rings. The summed E-state index contributed by atoms with van der Waals surface area (Å²) in [6.07, 6.45) is 5.72. The highest BCUT2D eigenvalue weighted by molar-refractivity contribution is 6.30. The number of nitrogens with one attached hydrogen (secondary N) is 1. The lowest BCUT2D eigenvalue weighted by Crippen LogP contribution is -2.37. The molecule has 0 bridgehead atoms. The zero-order valence-electron chi connectivity index (χ0n) is 16.0. The van der Waals surface area contributed by atoms with E-state index < -0.39 is 0 Å². The van der Waals surface area contributed by atoms with Gasteiger partial charge in [-0.25, -0.2) is 0 Å². The summed E-state index contributed by atoms with van der Waals surface area (Å²) in [5.74, 6) is 0.471. The van der Waals surface area contributed by atoms with Gasteiger partial charge in [-0.05, 0) is 68.0 Å². The van der Waals surface area contributed by atoms with Crippen LogP contribution in [0.4, 0.5) is 0 Å². The number of hydrogen-bond acceptors (Lipinski definition) is 4. The highest BCUT2D eigenvalue weighted by Crippen LogP contribution is 2.24. The standard InChI is InChI=1S/C22H24ClN3O2/c1-26(2)20(21-4-3-13-28-21)15-25-22(27)19(14-16-9-11-24-12-10-16)17-5-7-18(23)8-6-17/h3-13,19-20H,14-15H2,1-2H3,(H,25,27). The summed E-state index contributed by atoms with van der Waals surface area (Å²) in [6, 6.07) is 15.0. The Morgan fingerprint density at radius 2 is 1.86 bits per heavy atom. The first-order chi connectivity index (χ1) is 13.5. The van der Waals surface area contributed by atoms with E-state index in [0.717, 1.165) is 16.9 Å². The fourth-order valence-electron chi connectivity index (χ4n) is 3.15. The van der Waals surface area contributed by atoms with Gasteiger partial charge < -0.3 is 9.73 Å². The molecule has 0 saturated carbocycles. The maximum absolute atomic E-state index is 13.1. The van der Waals surface area contributed by atoms with Gasteiger partial charge in [0.05, 0.1) is 18.2 Å². The average Bonchev–Trinajstić information content (AvgIpc) is 3.22. The summed E-state index contributed by atoms with van der Waals surface area (Å²) in [5.41, 5.74) is 1.98. The van der Waals surface area contributed by atoms with Crippen LogP contribution >= 0.6 is 11.6 Å². The summed E-state index contributed by atoms with van der Waals surface area (Å²) in [6.45, 7) is 0.458. The van der Waals surface area contributed by atoms with E-state index in [-0.39, 0.29) is 17.9 Å². The molecule has 0 fully saturated rings. The van der Waals surface area contributed by atoms with Gasteiger partial charge in [-0.2, -0.15) is 0 Å². The van der Waals surface area contributed by atoms with E-state index in [1.165, 1.54) is 0 Å². The number of pyridine rings is 1. The fraction of sp³-hybridized carbons (Fsp3) is 0.273. The van der Waals surface area contributed by atoms with Crippen molar-refractivity contribution in [1.29, 1.82) is 0 Å². The molecule has 2 atom stereocenters. The van der Waals surface area contributed by atoms with Crippen LogP contribution in [0, 0.1) is 0 Å². The summed E-state index contributed by atoms with van der Waals surface area (Å²) >= 11 is 6.03. The van der Waals surface area contributed by atoms with Gasteiger partial charge in [-0.1, -0.05) is 23.7 Å². The number of carbonyl (C=O) groups is 1. The topological polar surface area (TPSA) is 58.4 Å². The van der Waals surface area contributed by atoms with Crippen molar-refractivity contribution in [3.8, 4) is 0 Å². The fourth-order valence-corrected chi connectivity index (χ4v) is 3.28. The molecule has 1 amide bonds. The molecule has 0 saturated heterocycles. The Bertz CT molecular complexity index is 865. The first kappa shape index (κ1) is 20.1. The maximum atomic E-state index is 13.1. The zero-order valence-corrected chi connectivity index (χ0v) is 16.8. The second-order valence-corrected chi connectivity index (χ2v) is 7.34. The average molecular weight is 398 g/mol. The number of nitrogens with zero attached hydrogens (tertiary/aromatic N) is 2. The molecule has 28 heavy (non-hydrogen) atoms. The number of furan rings is 1. The first-order valence-corrected chi connectivity index (χ1v) is 9.54. The molecule has 2 unspecified atom stereocenters. The molecule has 3 rings (SSSR count). The number of aromatic nitrogens is 1. The van der Waals surface area contributed by atoms with Crippen molar-refractivity contribution in [3.05, 3.63) is 89.1 Å². The Kier molecular flexibility index (Phi) is 6.85. The van der Waals surface area contributed by atoms with Crippen LogP contribution in [0.25, 0.3) is 0 Å². The lowest BCUT2D eigenvalue weighted by molar-refractivity contribution is -0.122. The zero-order chi connectivity index (χ0) is 19.9. The van der Waals surface area contributed by atoms with Gasteiger partial charge in [-0.3, -0.25) is 14.7 Å². The molecule has 0 aliphatic carbocycles. The van der Waals surface area contributed by atoms with Crippen molar-refractivity contribution in [2.75, 3.05) is 20.6 Å². The van der Waals surface area contributed by atoms with E-state index in [1.807, 2.05) is 67.5 Å². The molecule has 0 spiro atoms. The minimum absolute atomic E-state index is 0.0301. The highest BCUT2D eigenvalue weighted by Gasteiger charge is 2.24. The van der Waals surface area contributed by atoms with Gasteiger partial charge in [0.2, 0.25) is 5.91 Å². The highest BCUT2D eigenvalue weighted by atomic mass is 35.5. The van der Waals surface area contributed by atoms with Crippen molar-refractivity contribution >= 4 is 17.5 Å². The minimum Gasteiger partial charge on any atom is -0.468 e. The summed E-state index contributed by atoms with van der Waals surface area (Å²) < 4.78 is 5.53. The predicted molar refractivity (Wildman–Crippen MR) is 110 cm³/mol. The predicted octanol–water partition coefficient (Wildman–Crippen LogP) is 4.07. The number of carbonyl (C=O) groups excluding carboxylic acids is 1. The van der Waals surface area contributed by atoms with Gasteiger partial charge in [0.15, 0.2) is 0 Å². The molecule has 0 radical (unpaired) electrons. The van der Waals surface area contributed by atoms with Crippen LogP contribution in [0.2, 0.25) is 5.02 Å². The Morgan fingerprint density at radius 1 is 1.14 bits per heavy atom. The van der Waals surface area contributed by atoms with Crippen molar-refractivity contribution < 1.29 is 9.21 Å². The number of benzene rings is 1. The van der Waals surface area contributed by atoms with Crippen LogP contribution in [0.3, 0.4) is 0 Å². The smallest absolute Gasteiger partial charge is 0.227 e. The molecule has 0 aliphatic heterocycles. The van der Waals surface area contributed by atoms with E-state index in [9.17, 15) is 4.79 Å². The first-order valence-electron chi connectivity index (χ1n) is 9.16. The molecule has 2 aromatic heterocycles. The monoisotopic (exact) mass is 397 g/mol. The van der Waals surface area contributed by atoms with Crippen molar-refractivity contribution in [2.24, 2.45) is 0 Å². The number of likely N-dealkylation sites (N-methyl/N-ethyl adjacent to an activating group) is 1. The van der Waals surface area contributed by atoms with Crippen molar-refractivity contribution in [3.63, 3.8) is 0 Å². The minimum atomic E-state index is -0.320. The van der Waals surface area contributed by atoms with Crippen LogP contribution in [0.1, 0.15) is 28.8 Å². The Labute approximate surface area is 170 Å². The van der Waals surface area contributed by atoms with Gasteiger partial charge in [0, 0.05) is 24.0 Å². The van der Waals surface area contributed by atoms with Crippen LogP contribution in [-0.2, 0) is 11.2 Å². The van der Waals surface area contributed by atoms with E-state index in [0.29, 0.717) is 18.0 Å². The molecule has 0 aliphatic rings. The third-order valence-electron chi connectivity index (χ3n) is 4.74. The Balaban J connectivity index is 1.76. The second-order valence-electron chi connectivity index (χ2n) is 6.90. The van der Waals surface area contributed by atoms with Crippen LogP contribution in [0.5, 0.6) is 0 Å². The lowest BCUT2D eigenvalue weighted by atomic mass is 9.91. The number of halogens is 1. The molecule has 1 aromatic carbocycles. The second kappa shape index (κ2) is 9.53. The molecule has 146 valence electrons. The van der Waals surface area contributed by atoms with Crippen molar-refractivity contribution in [1.82, 2.24) is 15.2 Å². The SMILES string of the molecule is CN(C)C(CNC(=O)C(Cc1ccncc1)c1ccc(Cl)cc1)c1ccco1. The number of amides is 1. The molecule has 2 heterocycles. The van der Waals surface area contributed by atoms with Crippen molar-refractivity contribution in [2.45, 2.75) is 18.4 Å². The molecule has 1 N–H and O–H groups in total. The quantitative estimate of drug-likeness (QED) is 0.622. The van der Waals surface area contributed by atoms with E-state index in [4.69, 9.17) is 16.0 Å². The van der Waals surface area contributed by atoms with Crippen LogP contribution in [-0.4, -0.2) is 36.4 Å². The van der Waals surface area contributed by atoms with E-state index in [1.54, 1.807) is 18.7 Å². The van der Waals surface area contributed by atoms with Gasteiger partial charge in [0.1, 0.15) is 5.76 Å². The van der Waals surface area contributed by atoms with E-state index >= 15 is 0 Å². The normalized spacial score (nSPS) is 13.3. The maximum Gasteiger partial charge on any atom is 0.227 e. The van der Waals surface area contributed by atoms with E-state index in [2.05, 4.69) is 10.3 Å². The van der Waals surface area contributed by atoms with Gasteiger partial charge in [0.25, 0.3) is 0 Å². The lowest BCUT2D eigenvalue weighted by Gasteiger charge is -2.24.